The van der Waals surface area contributed by atoms with Gasteiger partial charge in [0.25, 0.3) is 17.9 Å². The topological polar surface area (TPSA) is 247 Å². The van der Waals surface area contributed by atoms with Crippen LogP contribution >= 0.6 is 11.3 Å². The van der Waals surface area contributed by atoms with Gasteiger partial charge in [-0.15, -0.1) is 15.6 Å². The number of hydroxylamine groups is 2. The summed E-state index contributed by atoms with van der Waals surface area (Å²) < 4.78 is 41.3. The minimum absolute atomic E-state index is 0.00230. The molecule has 3 aliphatic rings. The van der Waals surface area contributed by atoms with Crippen LogP contribution in [0.15, 0.2) is 34.6 Å². The number of nitrogen functional groups attached to an aromatic ring is 1. The average molecular weight is 709 g/mol. The predicted octanol–water partition coefficient (Wildman–Crippen LogP) is -0.0680. The van der Waals surface area contributed by atoms with Crippen molar-refractivity contribution in [2.75, 3.05) is 39.0 Å². The molecule has 7 N–H and O–H groups in total. The van der Waals surface area contributed by atoms with Crippen LogP contribution in [0.3, 0.4) is 0 Å². The van der Waals surface area contributed by atoms with E-state index in [0.29, 0.717) is 16.7 Å². The summed E-state index contributed by atoms with van der Waals surface area (Å²) in [5.41, 5.74) is 5.69. The molecule has 2 fully saturated rings. The van der Waals surface area contributed by atoms with Gasteiger partial charge in [0.1, 0.15) is 29.9 Å². The first-order chi connectivity index (χ1) is 22.5. The molecule has 1 aromatic heterocycles. The fourth-order valence-electron chi connectivity index (χ4n) is 5.17. The summed E-state index contributed by atoms with van der Waals surface area (Å²) in [5, 5.41) is 24.6. The Kier molecular flexibility index (Phi) is 9.83. The third-order valence-electron chi connectivity index (χ3n) is 8.25. The number of β-lactam (4-membered cyclic amide) rings is 1. The van der Waals surface area contributed by atoms with Crippen molar-refractivity contribution in [2.24, 2.45) is 11.1 Å². The largest absolute Gasteiger partial charge is 0.489 e. The maximum Gasteiger partial charge on any atom is 0.418 e. The van der Waals surface area contributed by atoms with E-state index in [2.05, 4.69) is 48.3 Å². The molecule has 2 amide bonds. The molecule has 3 atom stereocenters. The van der Waals surface area contributed by atoms with Crippen molar-refractivity contribution in [3.63, 3.8) is 0 Å². The van der Waals surface area contributed by atoms with Crippen LogP contribution in [-0.4, -0.2) is 107 Å². The number of anilines is 1. The first-order valence-corrected chi connectivity index (χ1v) is 17.0. The maximum atomic E-state index is 13.3. The van der Waals surface area contributed by atoms with Crippen LogP contribution in [0.1, 0.15) is 43.6 Å². The second-order valence-electron chi connectivity index (χ2n) is 12.0. The number of amides is 2. The molecule has 5 rings (SSSR count). The SMILES string of the molecule is CC1c2cc(OC[C@H](O/N=C(\C(=O)N[C@@H]3C(=O)N(OS(=O)(=O)O)C3(C)C)c3csc(N)n3)C(=O)O)ccc2C=C(NCC2CNC2)N1C. The van der Waals surface area contributed by atoms with Gasteiger partial charge in [-0.1, -0.05) is 11.2 Å². The molecule has 1 aromatic carbocycles. The lowest BCUT2D eigenvalue weighted by atomic mass is 9.84. The highest BCUT2D eigenvalue weighted by Gasteiger charge is 2.58. The Morgan fingerprint density at radius 3 is 2.62 bits per heavy atom. The molecule has 0 bridgehead atoms. The number of fused-ring (bicyclic) bond motifs is 1. The Bertz CT molecular complexity index is 1760. The minimum Gasteiger partial charge on any atom is -0.489 e. The maximum absolute atomic E-state index is 13.3. The van der Waals surface area contributed by atoms with Crippen LogP contribution in [0, 0.1) is 5.92 Å². The van der Waals surface area contributed by atoms with E-state index < -0.39 is 58.2 Å². The van der Waals surface area contributed by atoms with E-state index in [-0.39, 0.29) is 16.9 Å². The van der Waals surface area contributed by atoms with Crippen LogP contribution in [0.25, 0.3) is 6.08 Å². The molecule has 1 unspecified atom stereocenters. The number of nitrogens with one attached hydrogen (secondary N) is 3. The van der Waals surface area contributed by atoms with Crippen molar-refractivity contribution < 1.29 is 46.3 Å². The number of hydrogen-bond acceptors (Lipinski definition) is 15. The third-order valence-corrected chi connectivity index (χ3v) is 9.26. The molecule has 260 valence electrons. The zero-order valence-electron chi connectivity index (χ0n) is 26.4. The van der Waals surface area contributed by atoms with Crippen LogP contribution in [0.4, 0.5) is 5.13 Å². The number of benzene rings is 1. The van der Waals surface area contributed by atoms with Crippen molar-refractivity contribution in [2.45, 2.75) is 44.5 Å². The number of carboxylic acid groups (broad SMARTS) is 1. The lowest BCUT2D eigenvalue weighted by Crippen LogP contribution is -2.76. The number of nitrogens with two attached hydrogens (primary N) is 1. The summed E-state index contributed by atoms with van der Waals surface area (Å²) in [6, 6.07) is 4.10. The van der Waals surface area contributed by atoms with Crippen molar-refractivity contribution in [3.05, 3.63) is 46.2 Å². The zero-order chi connectivity index (χ0) is 35.0. The smallest absolute Gasteiger partial charge is 0.418 e. The molecule has 3 aliphatic heterocycles. The Labute approximate surface area is 279 Å². The van der Waals surface area contributed by atoms with Crippen molar-refractivity contribution in [3.8, 4) is 5.75 Å². The highest BCUT2D eigenvalue weighted by Crippen LogP contribution is 2.35. The van der Waals surface area contributed by atoms with Crippen molar-refractivity contribution in [1.82, 2.24) is 30.9 Å². The van der Waals surface area contributed by atoms with Gasteiger partial charge in [0, 0.05) is 38.0 Å². The van der Waals surface area contributed by atoms with Gasteiger partial charge in [-0.05, 0) is 50.1 Å². The molecule has 0 aliphatic carbocycles. The quantitative estimate of drug-likeness (QED) is 0.0651. The van der Waals surface area contributed by atoms with E-state index in [0.717, 1.165) is 47.9 Å². The number of aliphatic carboxylic acids is 1. The Morgan fingerprint density at radius 2 is 2.04 bits per heavy atom. The molecule has 2 saturated heterocycles. The predicted molar refractivity (Wildman–Crippen MR) is 172 cm³/mol. The van der Waals surface area contributed by atoms with E-state index in [9.17, 15) is 27.9 Å². The normalized spacial score (nSPS) is 21.3. The van der Waals surface area contributed by atoms with Gasteiger partial charge >= 0.3 is 16.4 Å². The van der Waals surface area contributed by atoms with Gasteiger partial charge in [-0.2, -0.15) is 13.5 Å². The lowest BCUT2D eigenvalue weighted by Gasteiger charge is -2.50. The van der Waals surface area contributed by atoms with E-state index in [1.54, 1.807) is 6.07 Å². The Balaban J connectivity index is 1.27. The number of hydrogen-bond donors (Lipinski definition) is 6. The molecule has 2 aromatic rings. The van der Waals surface area contributed by atoms with Crippen molar-refractivity contribution >= 4 is 56.4 Å². The molecule has 4 heterocycles. The van der Waals surface area contributed by atoms with E-state index >= 15 is 0 Å². The molecular weight excluding hydrogens is 672 g/mol. The molecule has 18 nitrogen and oxygen atoms in total. The molecule has 0 radical (unpaired) electrons. The monoisotopic (exact) mass is 708 g/mol. The highest BCUT2D eigenvalue weighted by molar-refractivity contribution is 7.80. The number of carbonyl (C=O) groups is 3. The molecule has 0 saturated carbocycles. The van der Waals surface area contributed by atoms with E-state index in [4.69, 9.17) is 19.9 Å². The Hall–Kier alpha value is -4.50. The standard InChI is InChI=1S/C28H36N8O10S2/c1-14-18-8-17(6-5-16(18)7-21(35(14)4)31-11-15-9-30-10-15)44-12-20(26(39)40)45-34-22(19-13-47-27(29)32-19)24(37)33-23-25(38)36(28(23,2)3)46-48(41,42)43/h5-8,13-15,20,23,30-31H,9-12H2,1-4H3,(H2,29,32)(H,33,37)(H,39,40)(H,41,42,43)/b34-22-/t14?,20-,23+/m0/s1. The van der Waals surface area contributed by atoms with Gasteiger partial charge in [0.2, 0.25) is 0 Å². The number of thiazole rings is 1. The summed E-state index contributed by atoms with van der Waals surface area (Å²) in [5.74, 6) is -1.44. The molecular formula is C28H36N8O10S2. The summed E-state index contributed by atoms with van der Waals surface area (Å²) in [6.07, 6.45) is 0.384. The summed E-state index contributed by atoms with van der Waals surface area (Å²) in [7, 11) is -3.03. The van der Waals surface area contributed by atoms with E-state index in [1.807, 2.05) is 19.2 Å². The third kappa shape index (κ3) is 7.46. The average Bonchev–Trinajstić information content (AvgIpc) is 3.42. The molecule has 20 heteroatoms. The minimum atomic E-state index is -5.02. The van der Waals surface area contributed by atoms with Gasteiger partial charge in [-0.25, -0.2) is 9.78 Å². The number of aromatic nitrogens is 1. The number of ether oxygens (including phenoxy) is 1. The second-order valence-corrected chi connectivity index (χ2v) is 13.9. The van der Waals surface area contributed by atoms with E-state index in [1.165, 1.54) is 19.2 Å². The summed E-state index contributed by atoms with van der Waals surface area (Å²) in [6.45, 7) is 7.17. The number of nitrogens with zero attached hydrogens (tertiary/aromatic N) is 4. The Morgan fingerprint density at radius 1 is 1.31 bits per heavy atom. The van der Waals surface area contributed by atoms with Gasteiger partial charge < -0.3 is 41.3 Å². The molecule has 48 heavy (non-hydrogen) atoms. The number of rotatable bonds is 14. The zero-order valence-corrected chi connectivity index (χ0v) is 28.0. The van der Waals surface area contributed by atoms with Gasteiger partial charge in [-0.3, -0.25) is 14.1 Å². The highest BCUT2D eigenvalue weighted by atomic mass is 32.3. The summed E-state index contributed by atoms with van der Waals surface area (Å²) >= 11 is 0.969. The second kappa shape index (κ2) is 13.5. The fraction of sp³-hybridized carbons (Fsp3) is 0.464. The van der Waals surface area contributed by atoms with Gasteiger partial charge in [0.05, 0.1) is 11.6 Å². The van der Waals surface area contributed by atoms with Crippen LogP contribution in [0.5, 0.6) is 5.75 Å². The fourth-order valence-corrected chi connectivity index (χ4v) is 6.18. The van der Waals surface area contributed by atoms with Gasteiger partial charge in [0.15, 0.2) is 10.8 Å². The van der Waals surface area contributed by atoms with Crippen LogP contribution < -0.4 is 26.4 Å². The van der Waals surface area contributed by atoms with Crippen LogP contribution in [-0.2, 0) is 33.9 Å². The molecule has 0 spiro atoms. The number of carboxylic acids is 1. The first-order valence-electron chi connectivity index (χ1n) is 14.7. The first kappa shape index (κ1) is 34.8. The lowest BCUT2D eigenvalue weighted by molar-refractivity contribution is -0.218. The summed E-state index contributed by atoms with van der Waals surface area (Å²) in [4.78, 5) is 49.3. The number of oxime groups is 1. The van der Waals surface area contributed by atoms with Crippen LogP contribution in [0.2, 0.25) is 0 Å². The van der Waals surface area contributed by atoms with Crippen molar-refractivity contribution in [1.29, 1.82) is 0 Å². The number of carbonyl (C=O) groups excluding carboxylic acids is 2.